The van der Waals surface area contributed by atoms with E-state index in [9.17, 15) is 0 Å². The van der Waals surface area contributed by atoms with Crippen LogP contribution in [-0.4, -0.2) is 12.1 Å². The van der Waals surface area contributed by atoms with Crippen molar-refractivity contribution in [2.24, 2.45) is 16.0 Å². The van der Waals surface area contributed by atoms with E-state index in [2.05, 4.69) is 18.2 Å². The molecule has 0 rings (SSSR count). The molecule has 0 fully saturated rings. The van der Waals surface area contributed by atoms with Gasteiger partial charge in [0.1, 0.15) is 0 Å². The van der Waals surface area contributed by atoms with Crippen LogP contribution in [0.2, 0.25) is 0 Å². The van der Waals surface area contributed by atoms with Crippen LogP contribution in [0.5, 0.6) is 0 Å². The van der Waals surface area contributed by atoms with Gasteiger partial charge in [-0.25, -0.2) is 4.40 Å². The number of hydrogen-bond donors (Lipinski definition) is 1. The van der Waals surface area contributed by atoms with Gasteiger partial charge in [-0.15, -0.1) is 0 Å². The van der Waals surface area contributed by atoms with Crippen LogP contribution in [0.1, 0.15) is 20.3 Å². The summed E-state index contributed by atoms with van der Waals surface area (Å²) in [5, 5.41) is 0. The molecule has 0 amide bonds. The highest BCUT2D eigenvalue weighted by Gasteiger charge is 1.91. The Balaban J connectivity index is 2.91. The van der Waals surface area contributed by atoms with Gasteiger partial charge < -0.3 is 5.73 Å². The van der Waals surface area contributed by atoms with Gasteiger partial charge in [-0.05, 0) is 24.3 Å². The fraction of sp³-hybridized carbons (Fsp3) is 0.833. The zero-order valence-electron chi connectivity index (χ0n) is 6.00. The summed E-state index contributed by atoms with van der Waals surface area (Å²) in [6, 6.07) is 0. The SMILES string of the molecule is CC(C)CCS/N=C\N. The summed E-state index contributed by atoms with van der Waals surface area (Å²) < 4.78 is 3.81. The molecule has 0 spiro atoms. The van der Waals surface area contributed by atoms with Crippen LogP contribution in [0.4, 0.5) is 0 Å². The molecule has 0 aromatic carbocycles. The molecule has 0 unspecified atom stereocenters. The number of rotatable bonds is 4. The van der Waals surface area contributed by atoms with Crippen molar-refractivity contribution in [2.45, 2.75) is 20.3 Å². The van der Waals surface area contributed by atoms with Crippen LogP contribution in [-0.2, 0) is 0 Å². The Labute approximate surface area is 61.1 Å². The van der Waals surface area contributed by atoms with Crippen LogP contribution in [0.15, 0.2) is 4.40 Å². The topological polar surface area (TPSA) is 38.4 Å². The molecule has 0 heterocycles. The maximum atomic E-state index is 5.03. The first-order chi connectivity index (χ1) is 4.27. The van der Waals surface area contributed by atoms with E-state index in [0.717, 1.165) is 11.7 Å². The van der Waals surface area contributed by atoms with Gasteiger partial charge >= 0.3 is 0 Å². The average molecular weight is 146 g/mol. The molecule has 0 aliphatic heterocycles. The maximum Gasteiger partial charge on any atom is 0.0937 e. The lowest BCUT2D eigenvalue weighted by atomic mass is 10.2. The zero-order chi connectivity index (χ0) is 7.11. The molecule has 0 aliphatic carbocycles. The van der Waals surface area contributed by atoms with Crippen LogP contribution < -0.4 is 5.73 Å². The second-order valence-electron chi connectivity index (χ2n) is 2.27. The molecule has 54 valence electrons. The quantitative estimate of drug-likeness (QED) is 0.283. The molecule has 0 aromatic rings. The molecule has 0 aromatic heterocycles. The van der Waals surface area contributed by atoms with Crippen LogP contribution in [0, 0.1) is 5.92 Å². The van der Waals surface area contributed by atoms with Crippen molar-refractivity contribution in [1.29, 1.82) is 0 Å². The molecule has 0 saturated heterocycles. The van der Waals surface area contributed by atoms with E-state index >= 15 is 0 Å². The summed E-state index contributed by atoms with van der Waals surface area (Å²) in [5.74, 6) is 1.84. The Hall–Kier alpha value is -0.180. The Morgan fingerprint density at radius 1 is 1.67 bits per heavy atom. The van der Waals surface area contributed by atoms with Gasteiger partial charge in [-0.1, -0.05) is 13.8 Å². The molecule has 0 radical (unpaired) electrons. The second kappa shape index (κ2) is 5.95. The summed E-state index contributed by atoms with van der Waals surface area (Å²) in [7, 11) is 0. The molecule has 0 bridgehead atoms. The normalized spacial score (nSPS) is 11.4. The van der Waals surface area contributed by atoms with Gasteiger partial charge in [0.2, 0.25) is 0 Å². The van der Waals surface area contributed by atoms with Crippen LogP contribution in [0.3, 0.4) is 0 Å². The van der Waals surface area contributed by atoms with Gasteiger partial charge in [0.05, 0.1) is 6.34 Å². The van der Waals surface area contributed by atoms with Gasteiger partial charge in [-0.2, -0.15) is 0 Å². The van der Waals surface area contributed by atoms with E-state index in [-0.39, 0.29) is 0 Å². The van der Waals surface area contributed by atoms with Gasteiger partial charge in [-0.3, -0.25) is 0 Å². The standard InChI is InChI=1S/C6H14N2S/c1-6(2)3-4-9-8-5-7/h5-6H,3-4H2,1-2H3,(H2,7,8). The minimum atomic E-state index is 0.769. The third kappa shape index (κ3) is 7.82. The molecule has 2 nitrogen and oxygen atoms in total. The van der Waals surface area contributed by atoms with Crippen molar-refractivity contribution in [2.75, 3.05) is 5.75 Å². The predicted octanol–water partition coefficient (Wildman–Crippen LogP) is 1.67. The third-order valence-corrected chi connectivity index (χ3v) is 1.61. The molecular weight excluding hydrogens is 132 g/mol. The fourth-order valence-corrected chi connectivity index (χ4v) is 1.15. The van der Waals surface area contributed by atoms with Crippen molar-refractivity contribution < 1.29 is 0 Å². The molecule has 0 saturated carbocycles. The van der Waals surface area contributed by atoms with E-state index in [1.807, 2.05) is 0 Å². The first-order valence-electron chi connectivity index (χ1n) is 3.13. The Bertz CT molecular complexity index is 81.1. The first kappa shape index (κ1) is 8.82. The molecule has 0 atom stereocenters. The van der Waals surface area contributed by atoms with E-state index in [4.69, 9.17) is 5.73 Å². The number of nitrogens with zero attached hydrogens (tertiary/aromatic N) is 1. The summed E-state index contributed by atoms with van der Waals surface area (Å²) >= 11 is 1.53. The highest BCUT2D eigenvalue weighted by Crippen LogP contribution is 2.07. The first-order valence-corrected chi connectivity index (χ1v) is 4.07. The molecular formula is C6H14N2S. The molecule has 9 heavy (non-hydrogen) atoms. The van der Waals surface area contributed by atoms with Gasteiger partial charge in [0.15, 0.2) is 0 Å². The van der Waals surface area contributed by atoms with E-state index in [1.165, 1.54) is 24.7 Å². The van der Waals surface area contributed by atoms with Crippen molar-refractivity contribution in [3.63, 3.8) is 0 Å². The lowest BCUT2D eigenvalue weighted by Crippen LogP contribution is -1.89. The summed E-state index contributed by atoms with van der Waals surface area (Å²) in [5.41, 5.74) is 5.03. The van der Waals surface area contributed by atoms with Crippen molar-refractivity contribution in [3.8, 4) is 0 Å². The summed E-state index contributed by atoms with van der Waals surface area (Å²) in [6.07, 6.45) is 2.55. The van der Waals surface area contributed by atoms with Crippen molar-refractivity contribution in [3.05, 3.63) is 0 Å². The minimum Gasteiger partial charge on any atom is -0.389 e. The predicted molar refractivity (Wildman–Crippen MR) is 44.6 cm³/mol. The molecule has 2 N–H and O–H groups in total. The Morgan fingerprint density at radius 3 is 2.78 bits per heavy atom. The zero-order valence-corrected chi connectivity index (χ0v) is 6.82. The number of nitrogens with two attached hydrogens (primary N) is 1. The minimum absolute atomic E-state index is 0.769. The Morgan fingerprint density at radius 2 is 2.33 bits per heavy atom. The smallest absolute Gasteiger partial charge is 0.0937 e. The molecule has 3 heteroatoms. The van der Waals surface area contributed by atoms with Gasteiger partial charge in [0, 0.05) is 5.75 Å². The van der Waals surface area contributed by atoms with Crippen LogP contribution >= 0.6 is 11.9 Å². The monoisotopic (exact) mass is 146 g/mol. The highest BCUT2D eigenvalue weighted by molar-refractivity contribution is 7.98. The lowest BCUT2D eigenvalue weighted by molar-refractivity contribution is 0.632. The second-order valence-corrected chi connectivity index (χ2v) is 3.15. The van der Waals surface area contributed by atoms with E-state index in [0.29, 0.717) is 0 Å². The van der Waals surface area contributed by atoms with E-state index < -0.39 is 0 Å². The fourth-order valence-electron chi connectivity index (χ4n) is 0.384. The molecule has 0 aliphatic rings. The van der Waals surface area contributed by atoms with Crippen molar-refractivity contribution >= 4 is 18.3 Å². The summed E-state index contributed by atoms with van der Waals surface area (Å²) in [4.78, 5) is 0. The third-order valence-electron chi connectivity index (χ3n) is 0.922. The average Bonchev–Trinajstić information content (AvgIpc) is 1.80. The Kier molecular flexibility index (Phi) is 5.83. The number of hydrogen-bond acceptors (Lipinski definition) is 2. The van der Waals surface area contributed by atoms with Crippen molar-refractivity contribution in [1.82, 2.24) is 0 Å². The largest absolute Gasteiger partial charge is 0.389 e. The highest BCUT2D eigenvalue weighted by atomic mass is 32.2. The van der Waals surface area contributed by atoms with Crippen LogP contribution in [0.25, 0.3) is 0 Å². The summed E-state index contributed by atoms with van der Waals surface area (Å²) in [6.45, 7) is 4.40. The maximum absolute atomic E-state index is 5.03. The lowest BCUT2D eigenvalue weighted by Gasteiger charge is -1.98. The van der Waals surface area contributed by atoms with Gasteiger partial charge in [0.25, 0.3) is 0 Å². The van der Waals surface area contributed by atoms with E-state index in [1.54, 1.807) is 0 Å².